The van der Waals surface area contributed by atoms with Gasteiger partial charge in [-0.15, -0.1) is 35.3 Å². The summed E-state index contributed by atoms with van der Waals surface area (Å²) >= 11 is 3.61. The second-order valence-corrected chi connectivity index (χ2v) is 9.28. The molecule has 5 nitrogen and oxygen atoms in total. The van der Waals surface area contributed by atoms with Crippen LogP contribution in [-0.2, 0) is 17.8 Å². The zero-order valence-electron chi connectivity index (χ0n) is 16.1. The number of thioether (sulfide) groups is 1. The van der Waals surface area contributed by atoms with Crippen LogP contribution in [0.3, 0.4) is 0 Å². The van der Waals surface area contributed by atoms with Gasteiger partial charge in [-0.2, -0.15) is 11.8 Å². The van der Waals surface area contributed by atoms with Gasteiger partial charge in [0.15, 0.2) is 5.96 Å². The van der Waals surface area contributed by atoms with Gasteiger partial charge in [-0.25, -0.2) is 0 Å². The van der Waals surface area contributed by atoms with Crippen LogP contribution in [0.25, 0.3) is 0 Å². The number of guanidine groups is 1. The number of nitrogens with zero attached hydrogens (tertiary/aromatic N) is 2. The molecule has 0 spiro atoms. The van der Waals surface area contributed by atoms with Crippen LogP contribution in [0.4, 0.5) is 0 Å². The first-order valence-electron chi connectivity index (χ1n) is 8.85. The number of hydrogen-bond acceptors (Lipinski definition) is 4. The third-order valence-electron chi connectivity index (χ3n) is 4.31. The van der Waals surface area contributed by atoms with E-state index in [-0.39, 0.29) is 34.6 Å². The Hall–Kier alpha value is -0.480. The van der Waals surface area contributed by atoms with Gasteiger partial charge < -0.3 is 15.5 Å². The highest BCUT2D eigenvalue weighted by atomic mass is 127. The Morgan fingerprint density at radius 2 is 2.19 bits per heavy atom. The number of rotatable bonds is 7. The van der Waals surface area contributed by atoms with Gasteiger partial charge in [-0.05, 0) is 50.5 Å². The first-order chi connectivity index (χ1) is 11.9. The summed E-state index contributed by atoms with van der Waals surface area (Å²) < 4.78 is 0.115. The van der Waals surface area contributed by atoms with E-state index in [0.717, 1.165) is 38.6 Å². The van der Waals surface area contributed by atoms with Gasteiger partial charge >= 0.3 is 0 Å². The van der Waals surface area contributed by atoms with Gasteiger partial charge in [0.05, 0.1) is 6.54 Å². The van der Waals surface area contributed by atoms with Crippen molar-refractivity contribution < 1.29 is 4.79 Å². The van der Waals surface area contributed by atoms with Crippen LogP contribution in [0, 0.1) is 0 Å². The molecule has 1 aliphatic heterocycles. The largest absolute Gasteiger partial charge is 0.357 e. The molecule has 0 bridgehead atoms. The monoisotopic (exact) mass is 510 g/mol. The summed E-state index contributed by atoms with van der Waals surface area (Å²) in [5, 5.41) is 8.65. The molecule has 0 radical (unpaired) electrons. The van der Waals surface area contributed by atoms with Crippen LogP contribution in [0.2, 0.25) is 0 Å². The van der Waals surface area contributed by atoms with Gasteiger partial charge in [0.2, 0.25) is 5.91 Å². The number of nitrogens with one attached hydrogen (secondary N) is 2. The maximum absolute atomic E-state index is 12.5. The van der Waals surface area contributed by atoms with Crippen molar-refractivity contribution in [3.63, 3.8) is 0 Å². The quantitative estimate of drug-likeness (QED) is 0.336. The smallest absolute Gasteiger partial charge is 0.224 e. The molecule has 2 N–H and O–H groups in total. The first-order valence-corrected chi connectivity index (χ1v) is 11.0. The van der Waals surface area contributed by atoms with E-state index in [4.69, 9.17) is 0 Å². The van der Waals surface area contributed by atoms with E-state index in [1.807, 2.05) is 23.6 Å². The standard InChI is InChI=1S/C18H30N4OS2.HI/c1-5-19-17(21-13-18(2,3)24-4)20-9-6-16(23)22-10-7-15-14(12-22)8-11-25-15;/h8,11H,5-7,9-10,12-13H2,1-4H3,(H2,19,20,21);1H. The lowest BCUT2D eigenvalue weighted by Crippen LogP contribution is -2.41. The predicted octanol–water partition coefficient (Wildman–Crippen LogP) is 3.34. The Morgan fingerprint density at radius 3 is 2.88 bits per heavy atom. The van der Waals surface area contributed by atoms with E-state index < -0.39 is 0 Å². The molecule has 0 saturated carbocycles. The van der Waals surface area contributed by atoms with Crippen LogP contribution in [0.1, 0.15) is 37.6 Å². The van der Waals surface area contributed by atoms with Crippen LogP contribution >= 0.6 is 47.1 Å². The summed E-state index contributed by atoms with van der Waals surface area (Å²) in [7, 11) is 0. The highest BCUT2D eigenvalue weighted by molar-refractivity contribution is 14.0. The van der Waals surface area contributed by atoms with E-state index >= 15 is 0 Å². The summed E-state index contributed by atoms with van der Waals surface area (Å²) in [5.74, 6) is 1.00. The number of thiophene rings is 1. The normalized spacial score (nSPS) is 14.5. The number of fused-ring (bicyclic) bond motifs is 1. The minimum Gasteiger partial charge on any atom is -0.357 e. The van der Waals surface area contributed by atoms with Gasteiger partial charge in [0.1, 0.15) is 0 Å². The fourth-order valence-electron chi connectivity index (χ4n) is 2.58. The van der Waals surface area contributed by atoms with E-state index in [1.54, 1.807) is 11.3 Å². The second kappa shape index (κ2) is 11.4. The number of carbonyl (C=O) groups is 1. The number of hydrogen-bond donors (Lipinski definition) is 2. The number of carbonyl (C=O) groups excluding carboxylic acids is 1. The third-order valence-corrected chi connectivity index (χ3v) is 6.56. The van der Waals surface area contributed by atoms with Crippen LogP contribution in [0.15, 0.2) is 16.4 Å². The summed E-state index contributed by atoms with van der Waals surface area (Å²) in [6, 6.07) is 2.14. The molecule has 1 amide bonds. The second-order valence-electron chi connectivity index (χ2n) is 6.77. The van der Waals surface area contributed by atoms with Crippen molar-refractivity contribution in [2.24, 2.45) is 4.99 Å². The fourth-order valence-corrected chi connectivity index (χ4v) is 3.67. The molecular weight excluding hydrogens is 479 g/mol. The van der Waals surface area contributed by atoms with Crippen LogP contribution < -0.4 is 10.6 Å². The van der Waals surface area contributed by atoms with Crippen molar-refractivity contribution >= 4 is 58.9 Å². The average molecular weight is 511 g/mol. The molecule has 0 unspecified atom stereocenters. The molecule has 1 aliphatic rings. The van der Waals surface area contributed by atoms with Crippen LogP contribution in [-0.4, -0.2) is 53.9 Å². The lowest BCUT2D eigenvalue weighted by molar-refractivity contribution is -0.131. The van der Waals surface area contributed by atoms with Crippen molar-refractivity contribution in [1.82, 2.24) is 15.5 Å². The first kappa shape index (κ1) is 23.6. The summed E-state index contributed by atoms with van der Waals surface area (Å²) in [4.78, 5) is 20.5. The van der Waals surface area contributed by atoms with Crippen molar-refractivity contribution in [1.29, 1.82) is 0 Å². The molecule has 0 aromatic carbocycles. The minimum atomic E-state index is 0. The van der Waals surface area contributed by atoms with Crippen molar-refractivity contribution in [2.45, 2.75) is 44.9 Å². The molecule has 1 aromatic heterocycles. The van der Waals surface area contributed by atoms with Crippen molar-refractivity contribution in [3.8, 4) is 0 Å². The average Bonchev–Trinajstić information content (AvgIpc) is 3.07. The van der Waals surface area contributed by atoms with E-state index in [1.165, 1.54) is 10.4 Å². The Kier molecular flexibility index (Phi) is 10.3. The molecule has 26 heavy (non-hydrogen) atoms. The molecule has 1 aromatic rings. The SMILES string of the molecule is CCNC(=NCC(C)(C)SC)NCCC(=O)N1CCc2sccc2C1.I. The zero-order chi connectivity index (χ0) is 18.3. The lowest BCUT2D eigenvalue weighted by atomic mass is 10.1. The van der Waals surface area contributed by atoms with Crippen LogP contribution in [0.5, 0.6) is 0 Å². The fraction of sp³-hybridized carbons (Fsp3) is 0.667. The summed E-state index contributed by atoms with van der Waals surface area (Å²) in [6.07, 6.45) is 3.59. The molecule has 0 saturated heterocycles. The Bertz CT molecular complexity index is 604. The number of aliphatic imine (C=N–C) groups is 1. The van der Waals surface area contributed by atoms with Gasteiger partial charge in [0, 0.05) is 42.2 Å². The Morgan fingerprint density at radius 1 is 1.42 bits per heavy atom. The molecule has 2 heterocycles. The maximum atomic E-state index is 12.5. The maximum Gasteiger partial charge on any atom is 0.224 e. The predicted molar refractivity (Wildman–Crippen MR) is 125 cm³/mol. The van der Waals surface area contributed by atoms with Crippen molar-refractivity contribution in [2.75, 3.05) is 32.4 Å². The van der Waals surface area contributed by atoms with E-state index in [9.17, 15) is 4.79 Å². The molecule has 0 aliphatic carbocycles. The van der Waals surface area contributed by atoms with E-state index in [0.29, 0.717) is 13.0 Å². The lowest BCUT2D eigenvalue weighted by Gasteiger charge is -2.27. The minimum absolute atomic E-state index is 0. The van der Waals surface area contributed by atoms with Gasteiger partial charge in [-0.1, -0.05) is 0 Å². The molecule has 0 atom stereocenters. The molecule has 8 heteroatoms. The number of halogens is 1. The Labute approximate surface area is 182 Å². The molecular formula is C18H31IN4OS2. The summed E-state index contributed by atoms with van der Waals surface area (Å²) in [5.41, 5.74) is 1.31. The van der Waals surface area contributed by atoms with E-state index in [2.05, 4.69) is 47.2 Å². The molecule has 2 rings (SSSR count). The topological polar surface area (TPSA) is 56.7 Å². The number of amides is 1. The van der Waals surface area contributed by atoms with Crippen molar-refractivity contribution in [3.05, 3.63) is 21.9 Å². The highest BCUT2D eigenvalue weighted by Gasteiger charge is 2.21. The third kappa shape index (κ3) is 7.26. The summed E-state index contributed by atoms with van der Waals surface area (Å²) in [6.45, 7) is 10.2. The van der Waals surface area contributed by atoms with Gasteiger partial charge in [-0.3, -0.25) is 9.79 Å². The zero-order valence-corrected chi connectivity index (χ0v) is 20.1. The molecule has 148 valence electrons. The highest BCUT2D eigenvalue weighted by Crippen LogP contribution is 2.24. The molecule has 0 fully saturated rings. The van der Waals surface area contributed by atoms with Gasteiger partial charge in [0.25, 0.3) is 0 Å². The Balaban J connectivity index is 0.00000338.